The molecule has 3 rings (SSSR count). The van der Waals surface area contributed by atoms with Gasteiger partial charge in [0.2, 0.25) is 11.8 Å². The highest BCUT2D eigenvalue weighted by Gasteiger charge is 2.14. The molecule has 1 aliphatic heterocycles. The van der Waals surface area contributed by atoms with Crippen LogP contribution in [-0.4, -0.2) is 46.1 Å². The summed E-state index contributed by atoms with van der Waals surface area (Å²) in [5, 5.41) is 14.0. The zero-order valence-corrected chi connectivity index (χ0v) is 12.8. The Morgan fingerprint density at radius 1 is 1.21 bits per heavy atom. The minimum atomic E-state index is -0.636. The van der Waals surface area contributed by atoms with Crippen LogP contribution in [0, 0.1) is 10.1 Å². The minimum absolute atomic E-state index is 0.117. The number of hydrogen-bond donors (Lipinski definition) is 4. The normalized spacial score (nSPS) is 14.2. The molecule has 0 spiro atoms. The smallest absolute Gasteiger partial charge is 0.329 e. The second-order valence-corrected chi connectivity index (χ2v) is 5.11. The van der Waals surface area contributed by atoms with Crippen molar-refractivity contribution in [2.24, 2.45) is 0 Å². The fraction of sp³-hybridized carbons (Fsp3) is 0.308. The lowest BCUT2D eigenvalue weighted by atomic mass is 10.3. The summed E-state index contributed by atoms with van der Waals surface area (Å²) < 4.78 is 0. The van der Waals surface area contributed by atoms with Gasteiger partial charge in [-0.25, -0.2) is 9.97 Å². The summed E-state index contributed by atoms with van der Waals surface area (Å²) in [6.45, 7) is 3.81. The maximum atomic E-state index is 10.7. The van der Waals surface area contributed by atoms with Gasteiger partial charge < -0.3 is 16.0 Å². The van der Waals surface area contributed by atoms with Crippen LogP contribution in [0.4, 0.5) is 29.0 Å². The Kier molecular flexibility index (Phi) is 4.52. The number of aromatic nitrogens is 3. The second-order valence-electron chi connectivity index (χ2n) is 5.11. The van der Waals surface area contributed by atoms with E-state index in [2.05, 4.69) is 36.0 Å². The van der Waals surface area contributed by atoms with Crippen LogP contribution in [0.25, 0.3) is 0 Å². The van der Waals surface area contributed by atoms with Gasteiger partial charge in [-0.15, -0.1) is 0 Å². The topological polar surface area (TPSA) is 147 Å². The van der Waals surface area contributed by atoms with Gasteiger partial charge in [-0.05, 0) is 12.1 Å². The van der Waals surface area contributed by atoms with Gasteiger partial charge in [0.25, 0.3) is 0 Å². The molecule has 0 atom stereocenters. The molecule has 0 unspecified atom stereocenters. The monoisotopic (exact) mass is 331 g/mol. The van der Waals surface area contributed by atoms with E-state index in [0.29, 0.717) is 5.82 Å². The van der Waals surface area contributed by atoms with Crippen molar-refractivity contribution in [1.29, 1.82) is 0 Å². The summed E-state index contributed by atoms with van der Waals surface area (Å²) in [6, 6.07) is 3.78. The number of nitrogens with one attached hydrogen (secondary N) is 3. The minimum Gasteiger partial charge on any atom is -0.378 e. The number of piperazine rings is 1. The van der Waals surface area contributed by atoms with Crippen molar-refractivity contribution in [2.45, 2.75) is 0 Å². The number of pyridine rings is 1. The van der Waals surface area contributed by atoms with Crippen molar-refractivity contribution >= 4 is 29.0 Å². The molecule has 11 nitrogen and oxygen atoms in total. The summed E-state index contributed by atoms with van der Waals surface area (Å²) in [5.41, 5.74) is 11.8. The molecule has 0 aliphatic carbocycles. The van der Waals surface area contributed by atoms with E-state index in [9.17, 15) is 10.1 Å². The molecule has 2 aromatic rings. The Balaban J connectivity index is 1.60. The van der Waals surface area contributed by atoms with E-state index in [1.54, 1.807) is 6.20 Å². The van der Waals surface area contributed by atoms with Gasteiger partial charge in [-0.1, -0.05) is 0 Å². The molecule has 0 radical (unpaired) electrons. The molecule has 0 bridgehead atoms. The van der Waals surface area contributed by atoms with Crippen molar-refractivity contribution in [2.75, 3.05) is 47.7 Å². The molecule has 5 N–H and O–H groups in total. The SMILES string of the molecule is Nc1nc(NNc2ccc(N3CCNCC3)cn2)ncc1[N+](=O)[O-]. The molecule has 1 aliphatic rings. The van der Waals surface area contributed by atoms with E-state index in [-0.39, 0.29) is 17.5 Å². The third-order valence-corrected chi connectivity index (χ3v) is 3.53. The highest BCUT2D eigenvalue weighted by atomic mass is 16.6. The van der Waals surface area contributed by atoms with Crippen molar-refractivity contribution in [3.8, 4) is 0 Å². The van der Waals surface area contributed by atoms with Crippen LogP contribution in [-0.2, 0) is 0 Å². The van der Waals surface area contributed by atoms with Gasteiger partial charge in [0.05, 0.1) is 16.8 Å². The Morgan fingerprint density at radius 3 is 2.62 bits per heavy atom. The van der Waals surface area contributed by atoms with E-state index in [1.807, 2.05) is 12.1 Å². The van der Waals surface area contributed by atoms with Gasteiger partial charge in [0.15, 0.2) is 0 Å². The first-order chi connectivity index (χ1) is 11.6. The molecule has 1 saturated heterocycles. The van der Waals surface area contributed by atoms with Crippen molar-refractivity contribution in [1.82, 2.24) is 20.3 Å². The number of nitrogens with two attached hydrogens (primary N) is 1. The van der Waals surface area contributed by atoms with Crippen LogP contribution in [0.3, 0.4) is 0 Å². The van der Waals surface area contributed by atoms with Crippen LogP contribution < -0.4 is 26.8 Å². The van der Waals surface area contributed by atoms with Gasteiger partial charge in [0.1, 0.15) is 12.0 Å². The predicted molar refractivity (Wildman–Crippen MR) is 89.7 cm³/mol. The van der Waals surface area contributed by atoms with Crippen LogP contribution in [0.15, 0.2) is 24.5 Å². The molecule has 0 amide bonds. The molecule has 1 fully saturated rings. The van der Waals surface area contributed by atoms with E-state index >= 15 is 0 Å². The van der Waals surface area contributed by atoms with E-state index in [1.165, 1.54) is 0 Å². The average Bonchev–Trinajstić information content (AvgIpc) is 2.61. The van der Waals surface area contributed by atoms with Gasteiger partial charge in [0, 0.05) is 26.2 Å². The number of hydrazine groups is 1. The Bertz CT molecular complexity index is 716. The average molecular weight is 331 g/mol. The molecule has 24 heavy (non-hydrogen) atoms. The Morgan fingerprint density at radius 2 is 2.00 bits per heavy atom. The zero-order chi connectivity index (χ0) is 16.9. The predicted octanol–water partition coefficient (Wildman–Crippen LogP) is 0.211. The Labute approximate surface area is 137 Å². The van der Waals surface area contributed by atoms with Gasteiger partial charge in [-0.3, -0.25) is 21.0 Å². The van der Waals surface area contributed by atoms with Crippen LogP contribution in [0.5, 0.6) is 0 Å². The molecule has 2 aromatic heterocycles. The molecular weight excluding hydrogens is 314 g/mol. The number of nitrogen functional groups attached to an aromatic ring is 1. The Hall–Kier alpha value is -3.21. The lowest BCUT2D eigenvalue weighted by Gasteiger charge is -2.29. The first-order valence-electron chi connectivity index (χ1n) is 7.34. The highest BCUT2D eigenvalue weighted by Crippen LogP contribution is 2.19. The van der Waals surface area contributed by atoms with Gasteiger partial charge >= 0.3 is 5.69 Å². The molecule has 0 saturated carbocycles. The molecule has 126 valence electrons. The summed E-state index contributed by atoms with van der Waals surface area (Å²) in [7, 11) is 0. The number of rotatable bonds is 5. The van der Waals surface area contributed by atoms with Crippen LogP contribution in [0.2, 0.25) is 0 Å². The van der Waals surface area contributed by atoms with E-state index < -0.39 is 4.92 Å². The maximum absolute atomic E-state index is 10.7. The highest BCUT2D eigenvalue weighted by molar-refractivity contribution is 5.55. The summed E-state index contributed by atoms with van der Waals surface area (Å²) in [6.07, 6.45) is 2.83. The summed E-state index contributed by atoms with van der Waals surface area (Å²) >= 11 is 0. The fourth-order valence-electron chi connectivity index (χ4n) is 2.28. The van der Waals surface area contributed by atoms with Crippen LogP contribution >= 0.6 is 0 Å². The third kappa shape index (κ3) is 3.57. The third-order valence-electron chi connectivity index (χ3n) is 3.53. The van der Waals surface area contributed by atoms with Gasteiger partial charge in [-0.2, -0.15) is 4.98 Å². The molecule has 11 heteroatoms. The maximum Gasteiger partial charge on any atom is 0.329 e. The van der Waals surface area contributed by atoms with Crippen LogP contribution in [0.1, 0.15) is 0 Å². The first-order valence-corrected chi connectivity index (χ1v) is 7.34. The van der Waals surface area contributed by atoms with Crippen molar-refractivity contribution in [3.63, 3.8) is 0 Å². The number of hydrogen-bond acceptors (Lipinski definition) is 10. The molecule has 0 aromatic carbocycles. The zero-order valence-electron chi connectivity index (χ0n) is 12.8. The summed E-state index contributed by atoms with van der Waals surface area (Å²) in [4.78, 5) is 24.2. The van der Waals surface area contributed by atoms with E-state index in [4.69, 9.17) is 5.73 Å². The van der Waals surface area contributed by atoms with E-state index in [0.717, 1.165) is 38.1 Å². The second kappa shape index (κ2) is 6.91. The first kappa shape index (κ1) is 15.7. The number of nitro groups is 1. The number of anilines is 4. The lowest BCUT2D eigenvalue weighted by Crippen LogP contribution is -2.43. The number of nitrogens with zero attached hydrogens (tertiary/aromatic N) is 5. The van der Waals surface area contributed by atoms with Crippen molar-refractivity contribution < 1.29 is 4.92 Å². The quantitative estimate of drug-likeness (QED) is 0.442. The molecular formula is C13H17N9O2. The standard InChI is InChI=1S/C13H17N9O2/c14-12-10(22(23)24)8-17-13(18-12)20-19-11-2-1-9(7-16-11)21-5-3-15-4-6-21/h1-2,7-8,15H,3-6H2,(H,16,19)(H3,14,17,18,20). The summed E-state index contributed by atoms with van der Waals surface area (Å²) in [5.74, 6) is 0.474. The fourth-order valence-corrected chi connectivity index (χ4v) is 2.28. The van der Waals surface area contributed by atoms with Crippen molar-refractivity contribution in [3.05, 3.63) is 34.6 Å². The molecule has 3 heterocycles. The lowest BCUT2D eigenvalue weighted by molar-refractivity contribution is -0.384. The largest absolute Gasteiger partial charge is 0.378 e.